The number of benzene rings is 1. The van der Waals surface area contributed by atoms with E-state index in [2.05, 4.69) is 15.1 Å². The molecule has 0 atom stereocenters. The SMILES string of the molecule is COCCOc1ccc(N2CCN(C(=O)Cc3ccc(F)cc3)CC2)nn1. The molecular weight excluding hydrogens is 351 g/mol. The zero-order chi connectivity index (χ0) is 19.1. The summed E-state index contributed by atoms with van der Waals surface area (Å²) < 4.78 is 23.3. The molecule has 0 N–H and O–H groups in total. The van der Waals surface area contributed by atoms with Crippen molar-refractivity contribution in [1.82, 2.24) is 15.1 Å². The van der Waals surface area contributed by atoms with Gasteiger partial charge in [-0.3, -0.25) is 4.79 Å². The van der Waals surface area contributed by atoms with Crippen LogP contribution in [0, 0.1) is 5.82 Å². The molecule has 144 valence electrons. The molecule has 2 heterocycles. The van der Waals surface area contributed by atoms with E-state index in [1.807, 2.05) is 11.0 Å². The van der Waals surface area contributed by atoms with Crippen LogP contribution >= 0.6 is 0 Å². The monoisotopic (exact) mass is 374 g/mol. The summed E-state index contributed by atoms with van der Waals surface area (Å²) in [5.41, 5.74) is 0.818. The Hall–Kier alpha value is -2.74. The van der Waals surface area contributed by atoms with E-state index in [-0.39, 0.29) is 18.1 Å². The predicted molar refractivity (Wildman–Crippen MR) is 98.3 cm³/mol. The molecule has 0 unspecified atom stereocenters. The Kier molecular flexibility index (Phi) is 6.54. The van der Waals surface area contributed by atoms with Crippen LogP contribution in [0.25, 0.3) is 0 Å². The van der Waals surface area contributed by atoms with Gasteiger partial charge in [-0.2, -0.15) is 0 Å². The zero-order valence-corrected chi connectivity index (χ0v) is 15.3. The van der Waals surface area contributed by atoms with Gasteiger partial charge in [0.1, 0.15) is 12.4 Å². The maximum absolute atomic E-state index is 13.0. The smallest absolute Gasteiger partial charge is 0.233 e. The van der Waals surface area contributed by atoms with Gasteiger partial charge in [0.15, 0.2) is 5.82 Å². The number of piperazine rings is 1. The number of carbonyl (C=O) groups excluding carboxylic acids is 1. The van der Waals surface area contributed by atoms with Crippen molar-refractivity contribution in [3.8, 4) is 5.88 Å². The van der Waals surface area contributed by atoms with Crippen molar-refractivity contribution in [3.05, 3.63) is 47.8 Å². The molecule has 7 nitrogen and oxygen atoms in total. The van der Waals surface area contributed by atoms with E-state index in [1.54, 1.807) is 25.3 Å². The van der Waals surface area contributed by atoms with Crippen LogP contribution in [0.5, 0.6) is 5.88 Å². The van der Waals surface area contributed by atoms with Crippen molar-refractivity contribution in [2.45, 2.75) is 6.42 Å². The standard InChI is InChI=1S/C19H23FN4O3/c1-26-12-13-27-18-7-6-17(21-22-18)23-8-10-24(11-9-23)19(25)14-15-2-4-16(20)5-3-15/h2-7H,8-14H2,1H3. The Morgan fingerprint density at radius 1 is 1.04 bits per heavy atom. The molecule has 1 aromatic heterocycles. The molecule has 1 saturated heterocycles. The number of carbonyl (C=O) groups is 1. The molecule has 0 spiro atoms. The second-order valence-corrected chi connectivity index (χ2v) is 6.24. The molecule has 0 aliphatic carbocycles. The molecule has 0 bridgehead atoms. The Labute approximate surface area is 157 Å². The fraction of sp³-hybridized carbons (Fsp3) is 0.421. The van der Waals surface area contributed by atoms with E-state index in [1.165, 1.54) is 12.1 Å². The van der Waals surface area contributed by atoms with Gasteiger partial charge in [-0.1, -0.05) is 12.1 Å². The molecule has 1 fully saturated rings. The van der Waals surface area contributed by atoms with Gasteiger partial charge in [0.2, 0.25) is 11.8 Å². The fourth-order valence-corrected chi connectivity index (χ4v) is 2.86. The lowest BCUT2D eigenvalue weighted by Gasteiger charge is -2.35. The molecule has 1 amide bonds. The number of amides is 1. The quantitative estimate of drug-likeness (QED) is 0.685. The lowest BCUT2D eigenvalue weighted by molar-refractivity contribution is -0.130. The van der Waals surface area contributed by atoms with Crippen LogP contribution in [-0.4, -0.2) is 67.5 Å². The number of rotatable bonds is 7. The summed E-state index contributed by atoms with van der Waals surface area (Å²) in [6.45, 7) is 3.54. The summed E-state index contributed by atoms with van der Waals surface area (Å²) in [5.74, 6) is 0.980. The van der Waals surface area contributed by atoms with E-state index in [0.29, 0.717) is 45.3 Å². The van der Waals surface area contributed by atoms with Gasteiger partial charge < -0.3 is 19.3 Å². The Balaban J connectivity index is 1.48. The first-order valence-electron chi connectivity index (χ1n) is 8.88. The van der Waals surface area contributed by atoms with E-state index in [0.717, 1.165) is 11.4 Å². The van der Waals surface area contributed by atoms with Crippen LogP contribution in [-0.2, 0) is 16.0 Å². The highest BCUT2D eigenvalue weighted by molar-refractivity contribution is 5.79. The highest BCUT2D eigenvalue weighted by Gasteiger charge is 2.22. The minimum atomic E-state index is -0.295. The molecule has 1 aliphatic heterocycles. The zero-order valence-electron chi connectivity index (χ0n) is 15.3. The largest absolute Gasteiger partial charge is 0.474 e. The number of hydrogen-bond donors (Lipinski definition) is 0. The molecule has 1 aliphatic rings. The van der Waals surface area contributed by atoms with E-state index in [4.69, 9.17) is 9.47 Å². The average Bonchev–Trinajstić information content (AvgIpc) is 2.70. The molecule has 1 aromatic carbocycles. The number of nitrogens with zero attached hydrogens (tertiary/aromatic N) is 4. The lowest BCUT2D eigenvalue weighted by Crippen LogP contribution is -2.49. The molecule has 8 heteroatoms. The van der Waals surface area contributed by atoms with Crippen molar-refractivity contribution >= 4 is 11.7 Å². The van der Waals surface area contributed by atoms with Crippen LogP contribution in [0.1, 0.15) is 5.56 Å². The van der Waals surface area contributed by atoms with Gasteiger partial charge in [-0.05, 0) is 23.8 Å². The van der Waals surface area contributed by atoms with Crippen LogP contribution in [0.4, 0.5) is 10.2 Å². The molecule has 0 radical (unpaired) electrons. The molecule has 0 saturated carbocycles. The minimum absolute atomic E-state index is 0.0502. The summed E-state index contributed by atoms with van der Waals surface area (Å²) in [5, 5.41) is 8.26. The van der Waals surface area contributed by atoms with Crippen molar-refractivity contribution in [2.24, 2.45) is 0 Å². The summed E-state index contributed by atoms with van der Waals surface area (Å²) >= 11 is 0. The van der Waals surface area contributed by atoms with Crippen molar-refractivity contribution in [2.75, 3.05) is 51.4 Å². The van der Waals surface area contributed by atoms with Gasteiger partial charge in [-0.15, -0.1) is 10.2 Å². The van der Waals surface area contributed by atoms with Gasteiger partial charge >= 0.3 is 0 Å². The fourth-order valence-electron chi connectivity index (χ4n) is 2.86. The molecule has 2 aromatic rings. The first-order valence-corrected chi connectivity index (χ1v) is 8.88. The third kappa shape index (κ3) is 5.37. The second-order valence-electron chi connectivity index (χ2n) is 6.24. The highest BCUT2D eigenvalue weighted by Crippen LogP contribution is 2.16. The van der Waals surface area contributed by atoms with Gasteiger partial charge in [0, 0.05) is 39.4 Å². The average molecular weight is 374 g/mol. The number of ether oxygens (including phenoxy) is 2. The van der Waals surface area contributed by atoms with Crippen molar-refractivity contribution in [1.29, 1.82) is 0 Å². The number of anilines is 1. The van der Waals surface area contributed by atoms with E-state index in [9.17, 15) is 9.18 Å². The van der Waals surface area contributed by atoms with E-state index < -0.39 is 0 Å². The van der Waals surface area contributed by atoms with E-state index >= 15 is 0 Å². The number of methoxy groups -OCH3 is 1. The van der Waals surface area contributed by atoms with Crippen LogP contribution in [0.2, 0.25) is 0 Å². The summed E-state index contributed by atoms with van der Waals surface area (Å²) in [7, 11) is 1.61. The van der Waals surface area contributed by atoms with Crippen LogP contribution < -0.4 is 9.64 Å². The summed E-state index contributed by atoms with van der Waals surface area (Å²) in [4.78, 5) is 16.3. The van der Waals surface area contributed by atoms with Crippen molar-refractivity contribution < 1.29 is 18.7 Å². The summed E-state index contributed by atoms with van der Waals surface area (Å²) in [6, 6.07) is 9.70. The molecule has 3 rings (SSSR count). The number of hydrogen-bond acceptors (Lipinski definition) is 6. The Morgan fingerprint density at radius 2 is 1.78 bits per heavy atom. The molecule has 27 heavy (non-hydrogen) atoms. The van der Waals surface area contributed by atoms with Crippen molar-refractivity contribution in [3.63, 3.8) is 0 Å². The Morgan fingerprint density at radius 3 is 2.41 bits per heavy atom. The minimum Gasteiger partial charge on any atom is -0.474 e. The lowest BCUT2D eigenvalue weighted by atomic mass is 10.1. The summed E-state index contributed by atoms with van der Waals surface area (Å²) in [6.07, 6.45) is 0.285. The van der Waals surface area contributed by atoms with Gasteiger partial charge in [0.25, 0.3) is 0 Å². The Bertz CT molecular complexity index is 732. The third-order valence-corrected chi connectivity index (χ3v) is 4.39. The van der Waals surface area contributed by atoms with Crippen LogP contribution in [0.3, 0.4) is 0 Å². The normalized spacial score (nSPS) is 14.3. The number of aromatic nitrogens is 2. The maximum Gasteiger partial charge on any atom is 0.233 e. The van der Waals surface area contributed by atoms with Gasteiger partial charge in [-0.25, -0.2) is 4.39 Å². The second kappa shape index (κ2) is 9.27. The topological polar surface area (TPSA) is 67.8 Å². The first kappa shape index (κ1) is 19.0. The predicted octanol–water partition coefficient (Wildman–Crippen LogP) is 1.53. The molecular formula is C19H23FN4O3. The third-order valence-electron chi connectivity index (χ3n) is 4.39. The van der Waals surface area contributed by atoms with Crippen LogP contribution in [0.15, 0.2) is 36.4 Å². The first-order chi connectivity index (χ1) is 13.2. The highest BCUT2D eigenvalue weighted by atomic mass is 19.1. The van der Waals surface area contributed by atoms with Gasteiger partial charge in [0.05, 0.1) is 13.0 Å². The maximum atomic E-state index is 13.0. The number of halogens is 1.